The van der Waals surface area contributed by atoms with Gasteiger partial charge in [-0.15, -0.1) is 0 Å². The van der Waals surface area contributed by atoms with Crippen molar-refractivity contribution in [2.24, 2.45) is 5.92 Å². The quantitative estimate of drug-likeness (QED) is 0.921. The van der Waals surface area contributed by atoms with Crippen molar-refractivity contribution in [1.29, 1.82) is 0 Å². The zero-order valence-electron chi connectivity index (χ0n) is 14.0. The van der Waals surface area contributed by atoms with Crippen molar-refractivity contribution in [3.05, 3.63) is 36.0 Å². The summed E-state index contributed by atoms with van der Waals surface area (Å²) < 4.78 is 26.0. The fourth-order valence-corrected chi connectivity index (χ4v) is 4.25. The molecule has 0 amide bonds. The lowest BCUT2D eigenvalue weighted by Crippen LogP contribution is -2.21. The SMILES string of the molecule is C=C(C)c1cc(S(C)(=O)=O)cc2cc3n(c12)C(C(C)C(=O)O)CC3. The van der Waals surface area contributed by atoms with Gasteiger partial charge in [-0.1, -0.05) is 6.58 Å². The zero-order chi connectivity index (χ0) is 17.8. The molecule has 3 rings (SSSR count). The molecule has 0 aliphatic carbocycles. The normalized spacial score (nSPS) is 18.5. The molecule has 2 aromatic rings. The number of fused-ring (bicyclic) bond motifs is 3. The topological polar surface area (TPSA) is 76.4 Å². The van der Waals surface area contributed by atoms with Crippen LogP contribution < -0.4 is 0 Å². The first-order chi connectivity index (χ1) is 11.1. The summed E-state index contributed by atoms with van der Waals surface area (Å²) in [5, 5.41) is 10.2. The molecule has 0 spiro atoms. The van der Waals surface area contributed by atoms with Gasteiger partial charge in [-0.25, -0.2) is 8.42 Å². The van der Waals surface area contributed by atoms with E-state index >= 15 is 0 Å². The highest BCUT2D eigenvalue weighted by Gasteiger charge is 2.33. The fraction of sp³-hybridized carbons (Fsp3) is 0.389. The van der Waals surface area contributed by atoms with Gasteiger partial charge in [0.2, 0.25) is 0 Å². The number of allylic oxidation sites excluding steroid dienone is 1. The maximum absolute atomic E-state index is 12.0. The van der Waals surface area contributed by atoms with Crippen LogP contribution in [0.3, 0.4) is 0 Å². The van der Waals surface area contributed by atoms with E-state index in [9.17, 15) is 18.3 Å². The van der Waals surface area contributed by atoms with Gasteiger partial charge in [-0.3, -0.25) is 4.79 Å². The van der Waals surface area contributed by atoms with Crippen LogP contribution >= 0.6 is 0 Å². The Hall–Kier alpha value is -2.08. The average molecular weight is 347 g/mol. The van der Waals surface area contributed by atoms with Gasteiger partial charge >= 0.3 is 5.97 Å². The van der Waals surface area contributed by atoms with E-state index in [2.05, 4.69) is 11.1 Å². The second kappa shape index (κ2) is 5.48. The number of hydrogen-bond donors (Lipinski definition) is 1. The summed E-state index contributed by atoms with van der Waals surface area (Å²) >= 11 is 0. The Kier molecular flexibility index (Phi) is 3.83. The van der Waals surface area contributed by atoms with E-state index in [1.165, 1.54) is 6.26 Å². The Morgan fingerprint density at radius 2 is 2.04 bits per heavy atom. The Bertz CT molecular complexity index is 969. The minimum atomic E-state index is -3.33. The molecule has 2 atom stereocenters. The van der Waals surface area contributed by atoms with Crippen molar-refractivity contribution < 1.29 is 18.3 Å². The van der Waals surface area contributed by atoms with E-state index in [0.29, 0.717) is 0 Å². The van der Waals surface area contributed by atoms with E-state index in [1.807, 2.05) is 13.0 Å². The van der Waals surface area contributed by atoms with Crippen molar-refractivity contribution in [1.82, 2.24) is 4.57 Å². The van der Waals surface area contributed by atoms with Crippen LogP contribution in [0.15, 0.2) is 29.7 Å². The standard InChI is InChI=1S/C18H21NO4S/c1-10(2)15-9-14(24(4,22)23)8-12-7-13-5-6-16(11(3)18(20)21)19(13)17(12)15/h7-9,11,16H,1,5-6H2,2-4H3,(H,20,21). The van der Waals surface area contributed by atoms with Gasteiger partial charge in [0.05, 0.1) is 16.3 Å². The third-order valence-corrected chi connectivity index (χ3v) is 5.96. The number of hydrogen-bond acceptors (Lipinski definition) is 3. The molecule has 6 heteroatoms. The highest BCUT2D eigenvalue weighted by molar-refractivity contribution is 7.90. The number of carbonyl (C=O) groups is 1. The lowest BCUT2D eigenvalue weighted by Gasteiger charge is -2.21. The first kappa shape index (κ1) is 16.8. The van der Waals surface area contributed by atoms with Gasteiger partial charge < -0.3 is 9.67 Å². The smallest absolute Gasteiger partial charge is 0.308 e. The third-order valence-electron chi connectivity index (χ3n) is 4.87. The number of benzene rings is 1. The molecule has 0 fully saturated rings. The van der Waals surface area contributed by atoms with Crippen LogP contribution in [-0.2, 0) is 21.1 Å². The predicted molar refractivity (Wildman–Crippen MR) is 93.9 cm³/mol. The van der Waals surface area contributed by atoms with E-state index in [-0.39, 0.29) is 10.9 Å². The molecule has 0 saturated heterocycles. The zero-order valence-corrected chi connectivity index (χ0v) is 14.9. The summed E-state index contributed by atoms with van der Waals surface area (Å²) in [6.45, 7) is 7.54. The van der Waals surface area contributed by atoms with Crippen LogP contribution in [0.4, 0.5) is 0 Å². The second-order valence-corrected chi connectivity index (χ2v) is 8.72. The van der Waals surface area contributed by atoms with Crippen molar-refractivity contribution in [2.75, 3.05) is 6.26 Å². The van der Waals surface area contributed by atoms with Crippen LogP contribution in [0, 0.1) is 5.92 Å². The number of aryl methyl sites for hydroxylation is 1. The molecule has 128 valence electrons. The molecule has 1 aliphatic heterocycles. The molecule has 2 heterocycles. The third kappa shape index (κ3) is 2.55. The van der Waals surface area contributed by atoms with Crippen LogP contribution in [0.5, 0.6) is 0 Å². The molecular formula is C18H21NO4S. The summed E-state index contributed by atoms with van der Waals surface area (Å²) in [6, 6.07) is 5.17. The van der Waals surface area contributed by atoms with Crippen LogP contribution in [0.1, 0.15) is 37.6 Å². The summed E-state index contributed by atoms with van der Waals surface area (Å²) in [5.74, 6) is -1.33. The average Bonchev–Trinajstić information content (AvgIpc) is 3.02. The molecular weight excluding hydrogens is 326 g/mol. The molecule has 1 aromatic carbocycles. The number of nitrogens with zero attached hydrogens (tertiary/aromatic N) is 1. The van der Waals surface area contributed by atoms with Gasteiger partial charge in [0, 0.05) is 28.9 Å². The fourth-order valence-electron chi connectivity index (χ4n) is 3.57. The number of rotatable bonds is 4. The molecule has 5 nitrogen and oxygen atoms in total. The number of carboxylic acids is 1. The van der Waals surface area contributed by atoms with Crippen molar-refractivity contribution in [2.45, 2.75) is 37.6 Å². The minimum absolute atomic E-state index is 0.128. The summed E-state index contributed by atoms with van der Waals surface area (Å²) in [7, 11) is -3.33. The Morgan fingerprint density at radius 1 is 1.38 bits per heavy atom. The van der Waals surface area contributed by atoms with E-state index in [4.69, 9.17) is 0 Å². The van der Waals surface area contributed by atoms with Gasteiger partial charge in [-0.2, -0.15) is 0 Å². The van der Waals surface area contributed by atoms with Crippen LogP contribution in [0.2, 0.25) is 0 Å². The van der Waals surface area contributed by atoms with Crippen molar-refractivity contribution in [3.8, 4) is 0 Å². The van der Waals surface area contributed by atoms with Gasteiger partial charge in [-0.05, 0) is 50.5 Å². The monoisotopic (exact) mass is 347 g/mol. The summed E-state index contributed by atoms with van der Waals surface area (Å²) in [5.41, 5.74) is 3.47. The number of aromatic nitrogens is 1. The Labute approximate surface area is 141 Å². The Morgan fingerprint density at radius 3 is 2.58 bits per heavy atom. The predicted octanol–water partition coefficient (Wildman–Crippen LogP) is 3.29. The molecule has 0 radical (unpaired) electrons. The molecule has 0 bridgehead atoms. The molecule has 0 saturated carbocycles. The summed E-state index contributed by atoms with van der Waals surface area (Å²) in [6.07, 6.45) is 2.76. The number of carboxylic acid groups (broad SMARTS) is 1. The van der Waals surface area contributed by atoms with Gasteiger partial charge in [0.15, 0.2) is 9.84 Å². The Balaban J connectivity index is 2.33. The summed E-state index contributed by atoms with van der Waals surface area (Å²) in [4.78, 5) is 11.7. The maximum atomic E-state index is 12.0. The lowest BCUT2D eigenvalue weighted by molar-refractivity contribution is -0.142. The highest BCUT2D eigenvalue weighted by atomic mass is 32.2. The molecule has 1 aromatic heterocycles. The second-order valence-electron chi connectivity index (χ2n) is 6.70. The largest absolute Gasteiger partial charge is 0.481 e. The minimum Gasteiger partial charge on any atom is -0.481 e. The van der Waals surface area contributed by atoms with Crippen LogP contribution in [0.25, 0.3) is 16.5 Å². The lowest BCUT2D eigenvalue weighted by atomic mass is 9.98. The molecule has 1 N–H and O–H groups in total. The molecule has 1 aliphatic rings. The van der Waals surface area contributed by atoms with Crippen molar-refractivity contribution in [3.63, 3.8) is 0 Å². The number of sulfone groups is 1. The van der Waals surface area contributed by atoms with E-state index in [1.54, 1.807) is 19.1 Å². The highest BCUT2D eigenvalue weighted by Crippen LogP contribution is 2.40. The first-order valence-corrected chi connectivity index (χ1v) is 9.77. The van der Waals surface area contributed by atoms with Gasteiger partial charge in [0.25, 0.3) is 0 Å². The molecule has 24 heavy (non-hydrogen) atoms. The van der Waals surface area contributed by atoms with Gasteiger partial charge in [0.1, 0.15) is 0 Å². The molecule has 2 unspecified atom stereocenters. The van der Waals surface area contributed by atoms with E-state index < -0.39 is 21.7 Å². The number of aliphatic carboxylic acids is 1. The van der Waals surface area contributed by atoms with Crippen molar-refractivity contribution >= 4 is 32.3 Å². The first-order valence-electron chi connectivity index (χ1n) is 7.88. The van der Waals surface area contributed by atoms with Crippen LogP contribution in [-0.4, -0.2) is 30.3 Å². The maximum Gasteiger partial charge on any atom is 0.308 e. The van der Waals surface area contributed by atoms with E-state index in [0.717, 1.165) is 40.6 Å².